The zero-order valence-corrected chi connectivity index (χ0v) is 10.1. The van der Waals surface area contributed by atoms with Gasteiger partial charge in [-0.2, -0.15) is 0 Å². The molecule has 0 fully saturated rings. The molecule has 3 amide bonds. The molecule has 0 radical (unpaired) electrons. The number of nitrogens with two attached hydrogens (primary N) is 1. The molecule has 0 atom stereocenters. The number of urea groups is 1. The predicted molar refractivity (Wildman–Crippen MR) is 74.0 cm³/mol. The first-order valence-corrected chi connectivity index (χ1v) is 5.68. The zero-order valence-electron chi connectivity index (χ0n) is 10.1. The first-order chi connectivity index (χ1) is 9.15. The molecule has 96 valence electrons. The lowest BCUT2D eigenvalue weighted by Gasteiger charge is -2.08. The van der Waals surface area contributed by atoms with Crippen molar-refractivity contribution < 1.29 is 9.59 Å². The van der Waals surface area contributed by atoms with Crippen LogP contribution in [0.2, 0.25) is 0 Å². The summed E-state index contributed by atoms with van der Waals surface area (Å²) in [6.07, 6.45) is 0. The van der Waals surface area contributed by atoms with Crippen molar-refractivity contribution in [2.45, 2.75) is 0 Å². The second-order valence-corrected chi connectivity index (χ2v) is 3.89. The summed E-state index contributed by atoms with van der Waals surface area (Å²) in [5.74, 6) is -0.535. The van der Waals surface area contributed by atoms with E-state index in [0.29, 0.717) is 16.9 Å². The van der Waals surface area contributed by atoms with Crippen LogP contribution in [0.4, 0.5) is 16.2 Å². The molecule has 2 rings (SSSR count). The summed E-state index contributed by atoms with van der Waals surface area (Å²) in [7, 11) is 0. The van der Waals surface area contributed by atoms with Crippen molar-refractivity contribution in [1.82, 2.24) is 0 Å². The van der Waals surface area contributed by atoms with Crippen LogP contribution in [0.25, 0.3) is 0 Å². The molecule has 0 heterocycles. The highest BCUT2D eigenvalue weighted by molar-refractivity contribution is 6.01. The molecular formula is C14H13N3O2. The number of hydrogen-bond acceptors (Lipinski definition) is 2. The number of carbonyl (C=O) groups excluding carboxylic acids is 2. The average molecular weight is 255 g/mol. The number of benzene rings is 2. The fourth-order valence-electron chi connectivity index (χ4n) is 1.57. The fourth-order valence-corrected chi connectivity index (χ4v) is 1.57. The van der Waals surface area contributed by atoms with Crippen LogP contribution in [-0.2, 0) is 0 Å². The Labute approximate surface area is 110 Å². The van der Waals surface area contributed by atoms with Crippen LogP contribution < -0.4 is 16.4 Å². The van der Waals surface area contributed by atoms with Crippen LogP contribution in [0, 0.1) is 0 Å². The minimum atomic E-state index is -0.535. The highest BCUT2D eigenvalue weighted by atomic mass is 16.2. The molecule has 0 aromatic heterocycles. The molecule has 0 aliphatic rings. The van der Waals surface area contributed by atoms with Gasteiger partial charge in [-0.05, 0) is 30.3 Å². The summed E-state index contributed by atoms with van der Waals surface area (Å²) in [5, 5.41) is 5.30. The highest BCUT2D eigenvalue weighted by Gasteiger charge is 2.05. The summed E-state index contributed by atoms with van der Waals surface area (Å²) < 4.78 is 0. The van der Waals surface area contributed by atoms with Gasteiger partial charge in [0.2, 0.25) is 5.91 Å². The van der Waals surface area contributed by atoms with Crippen molar-refractivity contribution in [3.05, 3.63) is 60.2 Å². The zero-order chi connectivity index (χ0) is 13.7. The maximum absolute atomic E-state index is 11.7. The van der Waals surface area contributed by atoms with E-state index in [0.717, 1.165) is 0 Å². The van der Waals surface area contributed by atoms with Gasteiger partial charge in [0.1, 0.15) is 0 Å². The molecular weight excluding hydrogens is 242 g/mol. The van der Waals surface area contributed by atoms with Crippen molar-refractivity contribution in [3.63, 3.8) is 0 Å². The number of hydrogen-bond donors (Lipinski definition) is 3. The van der Waals surface area contributed by atoms with E-state index < -0.39 is 5.91 Å². The molecule has 0 unspecified atom stereocenters. The van der Waals surface area contributed by atoms with Crippen molar-refractivity contribution in [2.75, 3.05) is 10.6 Å². The number of para-hydroxylation sites is 1. The van der Waals surface area contributed by atoms with Crippen LogP contribution in [0.3, 0.4) is 0 Å². The second kappa shape index (κ2) is 5.68. The molecule has 0 bridgehead atoms. The molecule has 2 aromatic carbocycles. The van der Waals surface area contributed by atoms with Gasteiger partial charge in [-0.3, -0.25) is 4.79 Å². The molecule has 0 spiro atoms. The molecule has 4 N–H and O–H groups in total. The van der Waals surface area contributed by atoms with Crippen molar-refractivity contribution in [2.24, 2.45) is 5.73 Å². The van der Waals surface area contributed by atoms with Crippen LogP contribution in [-0.4, -0.2) is 11.9 Å². The smallest absolute Gasteiger partial charge is 0.323 e. The standard InChI is InChI=1S/C14H13N3O2/c15-13(18)10-5-4-8-12(9-10)17-14(19)16-11-6-2-1-3-7-11/h1-9H,(H2,15,18)(H2,16,17,19). The first-order valence-electron chi connectivity index (χ1n) is 5.68. The highest BCUT2D eigenvalue weighted by Crippen LogP contribution is 2.11. The van der Waals surface area contributed by atoms with Gasteiger partial charge in [-0.1, -0.05) is 24.3 Å². The third kappa shape index (κ3) is 3.57. The van der Waals surface area contributed by atoms with E-state index in [9.17, 15) is 9.59 Å². The van der Waals surface area contributed by atoms with Gasteiger partial charge in [0.25, 0.3) is 0 Å². The molecule has 0 saturated carbocycles. The molecule has 0 saturated heterocycles. The number of carbonyl (C=O) groups is 2. The second-order valence-electron chi connectivity index (χ2n) is 3.89. The number of anilines is 2. The lowest BCUT2D eigenvalue weighted by molar-refractivity contribution is 0.100. The summed E-state index contributed by atoms with van der Waals surface area (Å²) in [6, 6.07) is 15.1. The van der Waals surface area contributed by atoms with Gasteiger partial charge in [0, 0.05) is 16.9 Å². The van der Waals surface area contributed by atoms with Crippen molar-refractivity contribution in [3.8, 4) is 0 Å². The Morgan fingerprint density at radius 1 is 0.842 bits per heavy atom. The van der Waals surface area contributed by atoms with Crippen LogP contribution in [0.5, 0.6) is 0 Å². The Morgan fingerprint density at radius 2 is 1.47 bits per heavy atom. The van der Waals surface area contributed by atoms with Crippen molar-refractivity contribution >= 4 is 23.3 Å². The lowest BCUT2D eigenvalue weighted by Crippen LogP contribution is -2.20. The summed E-state index contributed by atoms with van der Waals surface area (Å²) in [4.78, 5) is 22.7. The van der Waals surface area contributed by atoms with Crippen LogP contribution >= 0.6 is 0 Å². The van der Waals surface area contributed by atoms with Crippen LogP contribution in [0.1, 0.15) is 10.4 Å². The first kappa shape index (κ1) is 12.6. The normalized spacial score (nSPS) is 9.68. The minimum absolute atomic E-state index is 0.345. The van der Waals surface area contributed by atoms with Gasteiger partial charge in [0.15, 0.2) is 0 Å². The number of amides is 3. The molecule has 5 nitrogen and oxygen atoms in total. The molecule has 2 aromatic rings. The lowest BCUT2D eigenvalue weighted by atomic mass is 10.2. The SMILES string of the molecule is NC(=O)c1cccc(NC(=O)Nc2ccccc2)c1. The van der Waals surface area contributed by atoms with Gasteiger partial charge in [-0.15, -0.1) is 0 Å². The van der Waals surface area contributed by atoms with E-state index in [4.69, 9.17) is 5.73 Å². The van der Waals surface area contributed by atoms with Gasteiger partial charge in [-0.25, -0.2) is 4.79 Å². The summed E-state index contributed by atoms with van der Waals surface area (Å²) >= 11 is 0. The summed E-state index contributed by atoms with van der Waals surface area (Å²) in [5.41, 5.74) is 6.71. The van der Waals surface area contributed by atoms with E-state index in [1.165, 1.54) is 6.07 Å². The third-order valence-electron chi connectivity index (χ3n) is 2.44. The average Bonchev–Trinajstić information content (AvgIpc) is 2.40. The van der Waals surface area contributed by atoms with E-state index >= 15 is 0 Å². The number of primary amides is 1. The fraction of sp³-hybridized carbons (Fsp3) is 0. The Hall–Kier alpha value is -2.82. The molecule has 19 heavy (non-hydrogen) atoms. The molecule has 0 aliphatic heterocycles. The van der Waals surface area contributed by atoms with E-state index in [1.54, 1.807) is 30.3 Å². The third-order valence-corrected chi connectivity index (χ3v) is 2.44. The Bertz CT molecular complexity index is 597. The Balaban J connectivity index is 2.03. The Morgan fingerprint density at radius 3 is 2.16 bits per heavy atom. The van der Waals surface area contributed by atoms with Crippen LogP contribution in [0.15, 0.2) is 54.6 Å². The molecule has 5 heteroatoms. The van der Waals surface area contributed by atoms with E-state index in [2.05, 4.69) is 10.6 Å². The summed E-state index contributed by atoms with van der Waals surface area (Å²) in [6.45, 7) is 0. The number of nitrogens with one attached hydrogen (secondary N) is 2. The monoisotopic (exact) mass is 255 g/mol. The molecule has 0 aliphatic carbocycles. The van der Waals surface area contributed by atoms with Gasteiger partial charge in [0.05, 0.1) is 0 Å². The Kier molecular flexibility index (Phi) is 3.78. The topological polar surface area (TPSA) is 84.2 Å². The van der Waals surface area contributed by atoms with E-state index in [-0.39, 0.29) is 6.03 Å². The largest absolute Gasteiger partial charge is 0.366 e. The maximum Gasteiger partial charge on any atom is 0.323 e. The quantitative estimate of drug-likeness (QED) is 0.787. The maximum atomic E-state index is 11.7. The van der Waals surface area contributed by atoms with E-state index in [1.807, 2.05) is 18.2 Å². The number of rotatable bonds is 3. The minimum Gasteiger partial charge on any atom is -0.366 e. The van der Waals surface area contributed by atoms with Gasteiger partial charge >= 0.3 is 6.03 Å². The van der Waals surface area contributed by atoms with Gasteiger partial charge < -0.3 is 16.4 Å². The van der Waals surface area contributed by atoms with Crippen molar-refractivity contribution in [1.29, 1.82) is 0 Å². The predicted octanol–water partition coefficient (Wildman–Crippen LogP) is 2.43.